The van der Waals surface area contributed by atoms with E-state index >= 15 is 0 Å². The number of aromatic nitrogens is 2. The molecule has 0 radical (unpaired) electrons. The van der Waals surface area contributed by atoms with Crippen molar-refractivity contribution in [2.45, 2.75) is 13.3 Å². The first-order valence-electron chi connectivity index (χ1n) is 4.87. The molecule has 0 aliphatic carbocycles. The number of aryl methyl sites for hydroxylation is 1. The molecular weight excluding hydrogens is 335 g/mol. The smallest absolute Gasteiger partial charge is 0.146 e. The third kappa shape index (κ3) is 2.92. The van der Waals surface area contributed by atoms with Gasteiger partial charge < -0.3 is 0 Å². The Morgan fingerprint density at radius 3 is 2.88 bits per heavy atom. The molecule has 0 spiro atoms. The molecule has 2 aromatic rings. The van der Waals surface area contributed by atoms with Crippen LogP contribution in [0, 0.1) is 10.5 Å². The topological polar surface area (TPSA) is 25.8 Å². The summed E-state index contributed by atoms with van der Waals surface area (Å²) < 4.78 is 0.882. The van der Waals surface area contributed by atoms with Gasteiger partial charge in [-0.15, -0.1) is 0 Å². The molecule has 1 aromatic heterocycles. The van der Waals surface area contributed by atoms with Crippen LogP contribution in [0.3, 0.4) is 0 Å². The van der Waals surface area contributed by atoms with Crippen LogP contribution in [0.1, 0.15) is 17.0 Å². The first-order valence-corrected chi connectivity index (χ1v) is 6.33. The highest BCUT2D eigenvalue weighted by atomic mass is 127. The summed E-state index contributed by atoms with van der Waals surface area (Å²) in [5.41, 5.74) is 2.45. The lowest BCUT2D eigenvalue weighted by molar-refractivity contribution is 0.960. The Labute approximate surface area is 113 Å². The SMILES string of the molecule is Cc1cccc(Cc2ncc(I)c(Cl)n2)c1. The van der Waals surface area contributed by atoms with Crippen LogP contribution < -0.4 is 0 Å². The number of hydrogen-bond donors (Lipinski definition) is 0. The van der Waals surface area contributed by atoms with Crippen molar-refractivity contribution in [2.75, 3.05) is 0 Å². The van der Waals surface area contributed by atoms with Crippen molar-refractivity contribution in [3.8, 4) is 0 Å². The fourth-order valence-electron chi connectivity index (χ4n) is 1.47. The third-order valence-electron chi connectivity index (χ3n) is 2.20. The largest absolute Gasteiger partial charge is 0.240 e. The molecule has 16 heavy (non-hydrogen) atoms. The zero-order valence-electron chi connectivity index (χ0n) is 8.74. The van der Waals surface area contributed by atoms with Crippen LogP contribution in [0.4, 0.5) is 0 Å². The minimum atomic E-state index is 0.526. The molecule has 0 fully saturated rings. The highest BCUT2D eigenvalue weighted by Crippen LogP contribution is 2.15. The second kappa shape index (κ2) is 5.10. The van der Waals surface area contributed by atoms with Crippen LogP contribution in [0.5, 0.6) is 0 Å². The summed E-state index contributed by atoms with van der Waals surface area (Å²) in [4.78, 5) is 8.51. The summed E-state index contributed by atoms with van der Waals surface area (Å²) in [5.74, 6) is 0.760. The Kier molecular flexibility index (Phi) is 3.76. The summed E-state index contributed by atoms with van der Waals surface area (Å²) >= 11 is 8.07. The summed E-state index contributed by atoms with van der Waals surface area (Å²) in [7, 11) is 0. The number of rotatable bonds is 2. The van der Waals surface area contributed by atoms with Crippen molar-refractivity contribution < 1.29 is 0 Å². The van der Waals surface area contributed by atoms with Crippen molar-refractivity contribution in [3.63, 3.8) is 0 Å². The fraction of sp³-hybridized carbons (Fsp3) is 0.167. The van der Waals surface area contributed by atoms with Crippen molar-refractivity contribution in [2.24, 2.45) is 0 Å². The maximum absolute atomic E-state index is 5.95. The lowest BCUT2D eigenvalue weighted by Crippen LogP contribution is -1.98. The monoisotopic (exact) mass is 344 g/mol. The summed E-state index contributed by atoms with van der Waals surface area (Å²) in [5, 5.41) is 0.526. The van der Waals surface area contributed by atoms with E-state index in [1.54, 1.807) is 6.20 Å². The van der Waals surface area contributed by atoms with Crippen LogP contribution in [0.15, 0.2) is 30.5 Å². The number of halogens is 2. The van der Waals surface area contributed by atoms with Gasteiger partial charge in [-0.25, -0.2) is 9.97 Å². The first kappa shape index (κ1) is 11.8. The minimum Gasteiger partial charge on any atom is -0.240 e. The lowest BCUT2D eigenvalue weighted by Gasteiger charge is -2.02. The van der Waals surface area contributed by atoms with Gasteiger partial charge >= 0.3 is 0 Å². The number of nitrogens with zero attached hydrogens (tertiary/aromatic N) is 2. The highest BCUT2D eigenvalue weighted by Gasteiger charge is 2.03. The predicted octanol–water partition coefficient (Wildman–Crippen LogP) is 3.63. The molecular formula is C12H10ClIN2. The lowest BCUT2D eigenvalue weighted by atomic mass is 10.1. The van der Waals surface area contributed by atoms with E-state index in [2.05, 4.69) is 57.7 Å². The van der Waals surface area contributed by atoms with Gasteiger partial charge in [-0.2, -0.15) is 0 Å². The van der Waals surface area contributed by atoms with E-state index < -0.39 is 0 Å². The molecule has 0 aliphatic rings. The summed E-state index contributed by atoms with van der Waals surface area (Å²) in [6, 6.07) is 8.32. The Hall–Kier alpha value is -0.680. The zero-order valence-corrected chi connectivity index (χ0v) is 11.7. The quantitative estimate of drug-likeness (QED) is 0.614. The van der Waals surface area contributed by atoms with E-state index in [1.165, 1.54) is 11.1 Å². The molecule has 2 rings (SSSR count). The van der Waals surface area contributed by atoms with Gasteiger partial charge in [-0.3, -0.25) is 0 Å². The molecule has 0 bridgehead atoms. The molecule has 0 aliphatic heterocycles. The standard InChI is InChI=1S/C12H10ClIN2/c1-8-3-2-4-9(5-8)6-11-15-7-10(14)12(13)16-11/h2-5,7H,6H2,1H3. The molecule has 1 heterocycles. The van der Waals surface area contributed by atoms with Crippen LogP contribution in [-0.4, -0.2) is 9.97 Å². The Bertz CT molecular complexity index is 514. The van der Waals surface area contributed by atoms with Gasteiger partial charge in [0.25, 0.3) is 0 Å². The second-order valence-corrected chi connectivity index (χ2v) is 5.11. The Morgan fingerprint density at radius 2 is 2.19 bits per heavy atom. The highest BCUT2D eigenvalue weighted by molar-refractivity contribution is 14.1. The van der Waals surface area contributed by atoms with E-state index in [9.17, 15) is 0 Å². The maximum atomic E-state index is 5.95. The van der Waals surface area contributed by atoms with E-state index in [0.29, 0.717) is 5.15 Å². The second-order valence-electron chi connectivity index (χ2n) is 3.59. The molecule has 82 valence electrons. The third-order valence-corrected chi connectivity index (χ3v) is 3.59. The van der Waals surface area contributed by atoms with Gasteiger partial charge in [0.15, 0.2) is 0 Å². The molecule has 0 amide bonds. The normalized spacial score (nSPS) is 10.4. The molecule has 0 saturated heterocycles. The minimum absolute atomic E-state index is 0.526. The van der Waals surface area contributed by atoms with Crippen molar-refractivity contribution in [3.05, 3.63) is 56.1 Å². The van der Waals surface area contributed by atoms with E-state index in [1.807, 2.05) is 6.07 Å². The van der Waals surface area contributed by atoms with Gasteiger partial charge in [-0.1, -0.05) is 41.4 Å². The summed E-state index contributed by atoms with van der Waals surface area (Å²) in [6.45, 7) is 2.07. The fourth-order valence-corrected chi connectivity index (χ4v) is 1.88. The van der Waals surface area contributed by atoms with Crippen molar-refractivity contribution in [1.82, 2.24) is 9.97 Å². The molecule has 0 unspecified atom stereocenters. The Morgan fingerprint density at radius 1 is 1.38 bits per heavy atom. The van der Waals surface area contributed by atoms with Crippen molar-refractivity contribution in [1.29, 1.82) is 0 Å². The van der Waals surface area contributed by atoms with E-state index in [4.69, 9.17) is 11.6 Å². The molecule has 1 aromatic carbocycles. The van der Waals surface area contributed by atoms with E-state index in [0.717, 1.165) is 15.8 Å². The zero-order chi connectivity index (χ0) is 11.5. The molecule has 0 atom stereocenters. The van der Waals surface area contributed by atoms with Crippen molar-refractivity contribution >= 4 is 34.2 Å². The summed E-state index contributed by atoms with van der Waals surface area (Å²) in [6.07, 6.45) is 2.47. The molecule has 0 saturated carbocycles. The molecule has 2 nitrogen and oxygen atoms in total. The van der Waals surface area contributed by atoms with Crippen LogP contribution in [-0.2, 0) is 6.42 Å². The van der Waals surface area contributed by atoms with Gasteiger partial charge in [-0.05, 0) is 35.1 Å². The molecule has 4 heteroatoms. The molecule has 0 N–H and O–H groups in total. The van der Waals surface area contributed by atoms with Crippen LogP contribution in [0.2, 0.25) is 5.15 Å². The van der Waals surface area contributed by atoms with Gasteiger partial charge in [0.1, 0.15) is 11.0 Å². The van der Waals surface area contributed by atoms with E-state index in [-0.39, 0.29) is 0 Å². The maximum Gasteiger partial charge on any atom is 0.146 e. The number of benzene rings is 1. The van der Waals surface area contributed by atoms with Gasteiger partial charge in [0, 0.05) is 12.6 Å². The first-order chi connectivity index (χ1) is 7.65. The van der Waals surface area contributed by atoms with Gasteiger partial charge in [0.05, 0.1) is 3.57 Å². The number of hydrogen-bond acceptors (Lipinski definition) is 2. The predicted molar refractivity (Wildman–Crippen MR) is 73.7 cm³/mol. The average Bonchev–Trinajstić information content (AvgIpc) is 2.24. The van der Waals surface area contributed by atoms with Crippen LogP contribution >= 0.6 is 34.2 Å². The Balaban J connectivity index is 2.24. The van der Waals surface area contributed by atoms with Gasteiger partial charge in [0.2, 0.25) is 0 Å². The van der Waals surface area contributed by atoms with Crippen LogP contribution in [0.25, 0.3) is 0 Å². The average molecular weight is 345 g/mol.